The van der Waals surface area contributed by atoms with E-state index in [1.54, 1.807) is 24.3 Å². The molecular weight excluding hydrogens is 344 g/mol. The molecule has 0 spiro atoms. The third-order valence-electron chi connectivity index (χ3n) is 3.19. The number of aryl methyl sites for hydroxylation is 1. The predicted molar refractivity (Wildman–Crippen MR) is 88.8 cm³/mol. The van der Waals surface area contributed by atoms with E-state index < -0.39 is 11.8 Å². The summed E-state index contributed by atoms with van der Waals surface area (Å²) in [5.74, 6) is -0.384. The van der Waals surface area contributed by atoms with Gasteiger partial charge in [-0.15, -0.1) is 0 Å². The Labute approximate surface area is 146 Å². The van der Waals surface area contributed by atoms with Gasteiger partial charge in [-0.25, -0.2) is 14.3 Å². The van der Waals surface area contributed by atoms with Crippen LogP contribution in [0, 0.1) is 0 Å². The standard InChI is InChI=1S/C15H14N6O5/c1-20-13(17-15(24)26-20)12(10-5-3-2-4-6-10)19-25-9-21-8-7-11(18-21)16-14(22)23/h2-8H,9H2,1H3,(H,16,18)(H,22,23)/b19-12-. The first kappa shape index (κ1) is 17.0. The molecule has 3 aromatic rings. The van der Waals surface area contributed by atoms with E-state index in [0.29, 0.717) is 11.3 Å². The zero-order valence-electron chi connectivity index (χ0n) is 13.6. The Kier molecular flexibility index (Phi) is 4.78. The zero-order chi connectivity index (χ0) is 18.5. The van der Waals surface area contributed by atoms with E-state index in [0.717, 1.165) is 0 Å². The molecule has 0 aliphatic carbocycles. The molecule has 1 amide bonds. The van der Waals surface area contributed by atoms with Crippen molar-refractivity contribution in [3.8, 4) is 0 Å². The lowest BCUT2D eigenvalue weighted by atomic mass is 10.1. The topological polar surface area (TPSA) is 137 Å². The molecule has 0 saturated heterocycles. The molecule has 11 heteroatoms. The average molecular weight is 358 g/mol. The van der Waals surface area contributed by atoms with Crippen molar-refractivity contribution in [3.63, 3.8) is 0 Å². The second-order valence-corrected chi connectivity index (χ2v) is 5.02. The summed E-state index contributed by atoms with van der Waals surface area (Å²) >= 11 is 0. The molecule has 11 nitrogen and oxygen atoms in total. The second-order valence-electron chi connectivity index (χ2n) is 5.02. The van der Waals surface area contributed by atoms with Crippen molar-refractivity contribution in [3.05, 3.63) is 64.5 Å². The summed E-state index contributed by atoms with van der Waals surface area (Å²) in [6.07, 6.45) is 0.307. The number of oxime groups is 1. The molecule has 0 fully saturated rings. The number of aromatic nitrogens is 4. The van der Waals surface area contributed by atoms with Crippen LogP contribution in [0.25, 0.3) is 0 Å². The largest absolute Gasteiger partial charge is 0.465 e. The number of carboxylic acid groups (broad SMARTS) is 1. The average Bonchev–Trinajstić information content (AvgIpc) is 3.17. The van der Waals surface area contributed by atoms with E-state index in [-0.39, 0.29) is 18.4 Å². The molecule has 26 heavy (non-hydrogen) atoms. The Morgan fingerprint density at radius 2 is 2.12 bits per heavy atom. The molecule has 0 aliphatic rings. The van der Waals surface area contributed by atoms with Gasteiger partial charge in [0, 0.05) is 24.9 Å². The Bertz CT molecular complexity index is 987. The maximum absolute atomic E-state index is 11.4. The summed E-state index contributed by atoms with van der Waals surface area (Å²) in [6.45, 7) is -0.0799. The Hall–Kier alpha value is -3.89. The molecule has 0 radical (unpaired) electrons. The maximum Gasteiger partial charge on any atom is 0.460 e. The van der Waals surface area contributed by atoms with Gasteiger partial charge >= 0.3 is 11.8 Å². The minimum Gasteiger partial charge on any atom is -0.465 e. The van der Waals surface area contributed by atoms with Crippen molar-refractivity contribution in [1.29, 1.82) is 0 Å². The van der Waals surface area contributed by atoms with Crippen LogP contribution in [0.2, 0.25) is 0 Å². The van der Waals surface area contributed by atoms with E-state index >= 15 is 0 Å². The van der Waals surface area contributed by atoms with E-state index in [1.807, 2.05) is 6.07 Å². The molecule has 0 unspecified atom stereocenters. The van der Waals surface area contributed by atoms with Crippen LogP contribution in [-0.2, 0) is 18.6 Å². The highest BCUT2D eigenvalue weighted by Gasteiger charge is 2.16. The van der Waals surface area contributed by atoms with Crippen LogP contribution in [0.4, 0.5) is 10.6 Å². The van der Waals surface area contributed by atoms with Gasteiger partial charge in [-0.05, 0) is 0 Å². The van der Waals surface area contributed by atoms with Crippen molar-refractivity contribution in [2.45, 2.75) is 6.73 Å². The lowest BCUT2D eigenvalue weighted by Crippen LogP contribution is -2.13. The molecule has 2 aromatic heterocycles. The molecule has 1 aromatic carbocycles. The van der Waals surface area contributed by atoms with Crippen LogP contribution < -0.4 is 11.1 Å². The number of amides is 1. The fourth-order valence-electron chi connectivity index (χ4n) is 2.12. The van der Waals surface area contributed by atoms with Crippen molar-refractivity contribution in [1.82, 2.24) is 19.5 Å². The van der Waals surface area contributed by atoms with Crippen molar-refractivity contribution in [2.75, 3.05) is 5.32 Å². The fraction of sp³-hybridized carbons (Fsp3) is 0.133. The van der Waals surface area contributed by atoms with Gasteiger partial charge in [-0.3, -0.25) is 5.32 Å². The van der Waals surface area contributed by atoms with Crippen molar-refractivity contribution in [2.24, 2.45) is 12.2 Å². The summed E-state index contributed by atoms with van der Waals surface area (Å²) in [5.41, 5.74) is 0.972. The number of benzene rings is 1. The second kappa shape index (κ2) is 7.34. The first-order valence-electron chi connectivity index (χ1n) is 7.36. The Morgan fingerprint density at radius 3 is 2.77 bits per heavy atom. The van der Waals surface area contributed by atoms with Gasteiger partial charge in [0.05, 0.1) is 0 Å². The van der Waals surface area contributed by atoms with Crippen LogP contribution >= 0.6 is 0 Å². The fourth-order valence-corrected chi connectivity index (χ4v) is 2.12. The molecule has 3 rings (SSSR count). The highest BCUT2D eigenvalue weighted by atomic mass is 16.6. The lowest BCUT2D eigenvalue weighted by molar-refractivity contribution is 0.0755. The number of nitrogens with one attached hydrogen (secondary N) is 1. The van der Waals surface area contributed by atoms with Gasteiger partial charge in [0.15, 0.2) is 17.4 Å². The molecule has 0 bridgehead atoms. The zero-order valence-corrected chi connectivity index (χ0v) is 13.6. The van der Waals surface area contributed by atoms with Crippen molar-refractivity contribution >= 4 is 17.6 Å². The number of hydrogen-bond acceptors (Lipinski definition) is 7. The third-order valence-corrected chi connectivity index (χ3v) is 3.19. The molecule has 2 N–H and O–H groups in total. The number of carbonyl (C=O) groups is 1. The predicted octanol–water partition coefficient (Wildman–Crippen LogP) is 1.09. The molecule has 2 heterocycles. The first-order chi connectivity index (χ1) is 12.5. The van der Waals surface area contributed by atoms with Gasteiger partial charge in [0.2, 0.25) is 6.73 Å². The van der Waals surface area contributed by atoms with Gasteiger partial charge in [-0.1, -0.05) is 35.5 Å². The third kappa shape index (κ3) is 3.95. The van der Waals surface area contributed by atoms with E-state index in [1.165, 1.54) is 28.7 Å². The number of anilines is 1. The van der Waals surface area contributed by atoms with Crippen LogP contribution in [0.15, 0.2) is 57.1 Å². The van der Waals surface area contributed by atoms with Crippen LogP contribution in [0.5, 0.6) is 0 Å². The molecule has 0 saturated carbocycles. The summed E-state index contributed by atoms with van der Waals surface area (Å²) in [4.78, 5) is 31.0. The van der Waals surface area contributed by atoms with Crippen LogP contribution in [0.3, 0.4) is 0 Å². The van der Waals surface area contributed by atoms with Gasteiger partial charge in [0.1, 0.15) is 0 Å². The quantitative estimate of drug-likeness (QED) is 0.497. The first-order valence-corrected chi connectivity index (χ1v) is 7.36. The minimum atomic E-state index is -1.22. The molecule has 0 aliphatic heterocycles. The number of hydrogen-bond donors (Lipinski definition) is 2. The van der Waals surface area contributed by atoms with Crippen LogP contribution in [0.1, 0.15) is 11.4 Å². The monoisotopic (exact) mass is 358 g/mol. The lowest BCUT2D eigenvalue weighted by Gasteiger charge is -2.06. The van der Waals surface area contributed by atoms with Gasteiger partial charge in [0.25, 0.3) is 0 Å². The van der Waals surface area contributed by atoms with E-state index in [2.05, 4.69) is 20.6 Å². The van der Waals surface area contributed by atoms with E-state index in [4.69, 9.17) is 14.5 Å². The van der Waals surface area contributed by atoms with Crippen LogP contribution in [-0.4, -0.2) is 36.4 Å². The van der Waals surface area contributed by atoms with Gasteiger partial charge < -0.3 is 14.5 Å². The van der Waals surface area contributed by atoms with Gasteiger partial charge in [-0.2, -0.15) is 14.8 Å². The summed E-state index contributed by atoms with van der Waals surface area (Å²) < 4.78 is 7.40. The molecule has 134 valence electrons. The minimum absolute atomic E-state index is 0.0799. The summed E-state index contributed by atoms with van der Waals surface area (Å²) in [5, 5.41) is 18.8. The highest BCUT2D eigenvalue weighted by molar-refractivity contribution is 6.10. The Morgan fingerprint density at radius 1 is 1.35 bits per heavy atom. The number of rotatable bonds is 6. The normalized spacial score (nSPS) is 11.3. The molecular formula is C15H14N6O5. The summed E-state index contributed by atoms with van der Waals surface area (Å²) in [6, 6.07) is 10.5. The summed E-state index contributed by atoms with van der Waals surface area (Å²) in [7, 11) is 1.53. The van der Waals surface area contributed by atoms with E-state index in [9.17, 15) is 9.59 Å². The Balaban J connectivity index is 1.81. The smallest absolute Gasteiger partial charge is 0.460 e. The molecule has 0 atom stereocenters. The number of nitrogens with zero attached hydrogens (tertiary/aromatic N) is 5. The SMILES string of the molecule is Cn1oc(=O)nc1/C(=N\OCn1ccc(NC(=O)O)n1)c1ccccc1. The van der Waals surface area contributed by atoms with Crippen molar-refractivity contribution < 1.29 is 19.3 Å². The highest BCUT2D eigenvalue weighted by Crippen LogP contribution is 2.09. The maximum atomic E-state index is 11.4.